The first-order valence-electron chi connectivity index (χ1n) is 6.18. The van der Waals surface area contributed by atoms with Crippen LogP contribution in [0.5, 0.6) is 0 Å². The van der Waals surface area contributed by atoms with Gasteiger partial charge in [0.2, 0.25) is 0 Å². The minimum absolute atomic E-state index is 0.252. The van der Waals surface area contributed by atoms with E-state index in [2.05, 4.69) is 35.0 Å². The van der Waals surface area contributed by atoms with Gasteiger partial charge in [-0.05, 0) is 59.5 Å². The van der Waals surface area contributed by atoms with Crippen LogP contribution in [0.1, 0.15) is 23.6 Å². The molecule has 0 aliphatic rings. The maximum atomic E-state index is 13.2. The number of rotatable bonds is 3. The second-order valence-electron chi connectivity index (χ2n) is 5.21. The molecule has 100 valence electrons. The largest absolute Gasteiger partial charge is 0.321 e. The Morgan fingerprint density at radius 3 is 2.37 bits per heavy atom. The van der Waals surface area contributed by atoms with Crippen molar-refractivity contribution < 1.29 is 4.39 Å². The third-order valence-electron chi connectivity index (χ3n) is 3.27. The molecule has 0 heterocycles. The van der Waals surface area contributed by atoms with E-state index in [9.17, 15) is 4.39 Å². The minimum Gasteiger partial charge on any atom is -0.321 e. The fourth-order valence-electron chi connectivity index (χ4n) is 2.11. The van der Waals surface area contributed by atoms with Gasteiger partial charge in [0.1, 0.15) is 5.82 Å². The summed E-state index contributed by atoms with van der Waals surface area (Å²) in [5.41, 5.74) is 9.24. The maximum absolute atomic E-state index is 13.2. The van der Waals surface area contributed by atoms with E-state index in [4.69, 9.17) is 5.73 Å². The third kappa shape index (κ3) is 3.43. The van der Waals surface area contributed by atoms with Gasteiger partial charge in [-0.15, -0.1) is 0 Å². The van der Waals surface area contributed by atoms with Crippen LogP contribution < -0.4 is 5.73 Å². The van der Waals surface area contributed by atoms with Gasteiger partial charge in [0, 0.05) is 5.54 Å². The van der Waals surface area contributed by atoms with E-state index in [1.54, 1.807) is 12.1 Å². The van der Waals surface area contributed by atoms with Crippen molar-refractivity contribution in [2.24, 2.45) is 5.73 Å². The summed E-state index contributed by atoms with van der Waals surface area (Å²) in [4.78, 5) is 0. The van der Waals surface area contributed by atoms with Gasteiger partial charge in [-0.1, -0.05) is 35.9 Å². The predicted molar refractivity (Wildman–Crippen MR) is 80.5 cm³/mol. The molecular formula is C16H17BrFN. The molecule has 0 radical (unpaired) electrons. The van der Waals surface area contributed by atoms with Crippen LogP contribution in [0.2, 0.25) is 0 Å². The van der Waals surface area contributed by atoms with Crippen LogP contribution in [0, 0.1) is 12.7 Å². The van der Waals surface area contributed by atoms with E-state index in [0.717, 1.165) is 11.1 Å². The van der Waals surface area contributed by atoms with Crippen molar-refractivity contribution in [3.05, 3.63) is 69.4 Å². The molecule has 1 unspecified atom stereocenters. The Balaban J connectivity index is 2.25. The fraction of sp³-hybridized carbons (Fsp3) is 0.250. The quantitative estimate of drug-likeness (QED) is 0.895. The molecule has 1 atom stereocenters. The summed E-state index contributed by atoms with van der Waals surface area (Å²) in [7, 11) is 0. The second-order valence-corrected chi connectivity index (χ2v) is 6.06. The van der Waals surface area contributed by atoms with Gasteiger partial charge in [0.05, 0.1) is 4.47 Å². The Morgan fingerprint density at radius 2 is 1.79 bits per heavy atom. The number of hydrogen-bond donors (Lipinski definition) is 1. The van der Waals surface area contributed by atoms with E-state index in [1.807, 2.05) is 19.1 Å². The molecule has 0 fully saturated rings. The summed E-state index contributed by atoms with van der Waals surface area (Å²) >= 11 is 3.20. The first-order valence-corrected chi connectivity index (χ1v) is 6.98. The molecule has 3 heteroatoms. The van der Waals surface area contributed by atoms with Crippen LogP contribution in [-0.4, -0.2) is 0 Å². The van der Waals surface area contributed by atoms with E-state index in [0.29, 0.717) is 10.9 Å². The van der Waals surface area contributed by atoms with Crippen molar-refractivity contribution in [1.82, 2.24) is 0 Å². The first kappa shape index (κ1) is 14.2. The smallest absolute Gasteiger partial charge is 0.137 e. The highest BCUT2D eigenvalue weighted by atomic mass is 79.9. The van der Waals surface area contributed by atoms with Crippen LogP contribution in [0.3, 0.4) is 0 Å². The van der Waals surface area contributed by atoms with Gasteiger partial charge in [-0.2, -0.15) is 0 Å². The van der Waals surface area contributed by atoms with Gasteiger partial charge in [0.25, 0.3) is 0 Å². The Morgan fingerprint density at radius 1 is 1.16 bits per heavy atom. The average molecular weight is 322 g/mol. The molecule has 1 nitrogen and oxygen atoms in total. The van der Waals surface area contributed by atoms with Crippen molar-refractivity contribution in [3.8, 4) is 0 Å². The number of halogens is 2. The van der Waals surface area contributed by atoms with Crippen LogP contribution in [0.25, 0.3) is 0 Å². The molecule has 0 saturated carbocycles. The van der Waals surface area contributed by atoms with E-state index < -0.39 is 5.54 Å². The standard InChI is InChI=1S/C16H17BrFN/c1-11-3-6-13(7-4-11)16(2,19)10-12-5-8-15(18)14(17)9-12/h3-9H,10,19H2,1-2H3. The minimum atomic E-state index is -0.467. The topological polar surface area (TPSA) is 26.0 Å². The van der Waals surface area contributed by atoms with Crippen LogP contribution in [0.4, 0.5) is 4.39 Å². The third-order valence-corrected chi connectivity index (χ3v) is 3.87. The molecule has 19 heavy (non-hydrogen) atoms. The second kappa shape index (κ2) is 5.43. The van der Waals surface area contributed by atoms with E-state index in [-0.39, 0.29) is 5.82 Å². The average Bonchev–Trinajstić information content (AvgIpc) is 2.34. The Labute approximate surface area is 121 Å². The van der Waals surface area contributed by atoms with Gasteiger partial charge in [-0.25, -0.2) is 4.39 Å². The number of benzene rings is 2. The lowest BCUT2D eigenvalue weighted by Gasteiger charge is -2.25. The molecule has 2 aromatic rings. The molecule has 0 aromatic heterocycles. The van der Waals surface area contributed by atoms with Gasteiger partial charge >= 0.3 is 0 Å². The van der Waals surface area contributed by atoms with Crippen molar-refractivity contribution in [2.75, 3.05) is 0 Å². The lowest BCUT2D eigenvalue weighted by molar-refractivity contribution is 0.490. The van der Waals surface area contributed by atoms with Crippen molar-refractivity contribution >= 4 is 15.9 Å². The summed E-state index contributed by atoms with van der Waals surface area (Å²) in [6.45, 7) is 4.05. The van der Waals surface area contributed by atoms with Crippen LogP contribution >= 0.6 is 15.9 Å². The van der Waals surface area contributed by atoms with Crippen LogP contribution in [0.15, 0.2) is 46.9 Å². The fourth-order valence-corrected chi connectivity index (χ4v) is 2.54. The summed E-state index contributed by atoms with van der Waals surface area (Å²) in [5.74, 6) is -0.252. The number of nitrogens with two attached hydrogens (primary N) is 1. The Kier molecular flexibility index (Phi) is 4.07. The van der Waals surface area contributed by atoms with Gasteiger partial charge < -0.3 is 5.73 Å². The molecule has 0 amide bonds. The molecule has 0 saturated heterocycles. The lowest BCUT2D eigenvalue weighted by atomic mass is 9.86. The normalized spacial score (nSPS) is 14.2. The summed E-state index contributed by atoms with van der Waals surface area (Å²) in [5, 5.41) is 0. The summed E-state index contributed by atoms with van der Waals surface area (Å²) in [6.07, 6.45) is 0.662. The monoisotopic (exact) mass is 321 g/mol. The molecule has 2 aromatic carbocycles. The Hall–Kier alpha value is -1.19. The van der Waals surface area contributed by atoms with Crippen molar-refractivity contribution in [2.45, 2.75) is 25.8 Å². The van der Waals surface area contributed by atoms with Crippen LogP contribution in [-0.2, 0) is 12.0 Å². The zero-order valence-corrected chi connectivity index (χ0v) is 12.7. The van der Waals surface area contributed by atoms with E-state index >= 15 is 0 Å². The summed E-state index contributed by atoms with van der Waals surface area (Å²) in [6, 6.07) is 13.2. The summed E-state index contributed by atoms with van der Waals surface area (Å²) < 4.78 is 13.7. The van der Waals surface area contributed by atoms with Crippen molar-refractivity contribution in [1.29, 1.82) is 0 Å². The van der Waals surface area contributed by atoms with Gasteiger partial charge in [0.15, 0.2) is 0 Å². The lowest BCUT2D eigenvalue weighted by Crippen LogP contribution is -2.35. The maximum Gasteiger partial charge on any atom is 0.137 e. The molecule has 2 rings (SSSR count). The first-order chi connectivity index (χ1) is 8.88. The number of hydrogen-bond acceptors (Lipinski definition) is 1. The van der Waals surface area contributed by atoms with Gasteiger partial charge in [-0.3, -0.25) is 0 Å². The van der Waals surface area contributed by atoms with Crippen molar-refractivity contribution in [3.63, 3.8) is 0 Å². The highest BCUT2D eigenvalue weighted by Gasteiger charge is 2.21. The Bertz CT molecular complexity index is 576. The zero-order valence-electron chi connectivity index (χ0n) is 11.1. The highest BCUT2D eigenvalue weighted by Crippen LogP contribution is 2.25. The molecule has 0 aliphatic carbocycles. The van der Waals surface area contributed by atoms with E-state index in [1.165, 1.54) is 11.6 Å². The molecular weight excluding hydrogens is 305 g/mol. The molecule has 0 aliphatic heterocycles. The number of aryl methyl sites for hydroxylation is 1. The predicted octanol–water partition coefficient (Wildman–Crippen LogP) is 4.31. The molecule has 0 spiro atoms. The zero-order chi connectivity index (χ0) is 14.0. The highest BCUT2D eigenvalue weighted by molar-refractivity contribution is 9.10. The SMILES string of the molecule is Cc1ccc(C(C)(N)Cc2ccc(F)c(Br)c2)cc1. The molecule has 0 bridgehead atoms. The molecule has 2 N–H and O–H groups in total.